The molecule has 1 aliphatic heterocycles. The average Bonchev–Trinajstić information content (AvgIpc) is 3.13. The van der Waals surface area contributed by atoms with Crippen LogP contribution in [0.5, 0.6) is 0 Å². The van der Waals surface area contributed by atoms with E-state index in [-0.39, 0.29) is 22.9 Å². The molecule has 1 heterocycles. The number of rotatable bonds is 6. The molecule has 2 aromatic rings. The van der Waals surface area contributed by atoms with Crippen molar-refractivity contribution >= 4 is 49.0 Å². The second kappa shape index (κ2) is 9.22. The van der Waals surface area contributed by atoms with Crippen molar-refractivity contribution in [2.45, 2.75) is 37.3 Å². The van der Waals surface area contributed by atoms with Crippen LogP contribution in [0.1, 0.15) is 30.9 Å². The van der Waals surface area contributed by atoms with Crippen LogP contribution in [0.2, 0.25) is 0 Å². The molecule has 0 atom stereocenters. The van der Waals surface area contributed by atoms with Crippen LogP contribution in [-0.2, 0) is 32.0 Å². The van der Waals surface area contributed by atoms with E-state index in [1.807, 2.05) is 0 Å². The number of halogens is 4. The summed E-state index contributed by atoms with van der Waals surface area (Å²) in [5.74, 6) is -1.39. The van der Waals surface area contributed by atoms with Crippen molar-refractivity contribution in [2.75, 3.05) is 22.5 Å². The lowest BCUT2D eigenvalue weighted by Gasteiger charge is -2.18. The lowest BCUT2D eigenvalue weighted by Crippen LogP contribution is -2.28. The molecule has 1 N–H and O–H groups in total. The molecule has 0 aromatic heterocycles. The second-order valence-corrected chi connectivity index (χ2v) is 10.2. The van der Waals surface area contributed by atoms with Crippen LogP contribution in [0.3, 0.4) is 0 Å². The minimum atomic E-state index is -4.56. The maximum atomic E-state index is 12.9. The summed E-state index contributed by atoms with van der Waals surface area (Å²) < 4.78 is 64.5. The first kappa shape index (κ1) is 24.2. The van der Waals surface area contributed by atoms with E-state index >= 15 is 0 Å². The van der Waals surface area contributed by atoms with Gasteiger partial charge >= 0.3 is 6.18 Å². The zero-order chi connectivity index (χ0) is 23.7. The Kier molecular flexibility index (Phi) is 6.99. The van der Waals surface area contributed by atoms with E-state index in [0.29, 0.717) is 23.1 Å². The zero-order valence-corrected chi connectivity index (χ0v) is 19.4. The Morgan fingerprint density at radius 2 is 1.91 bits per heavy atom. The summed E-state index contributed by atoms with van der Waals surface area (Å²) >= 11 is 3.26. The topological polar surface area (TPSA) is 83.6 Å². The van der Waals surface area contributed by atoms with Gasteiger partial charge in [-0.2, -0.15) is 13.2 Å². The monoisotopic (exact) mass is 532 g/mol. The van der Waals surface area contributed by atoms with Gasteiger partial charge in [-0.25, -0.2) is 8.42 Å². The van der Waals surface area contributed by atoms with Crippen molar-refractivity contribution in [3.8, 4) is 0 Å². The quantitative estimate of drug-likeness (QED) is 0.590. The molecule has 0 saturated heterocycles. The van der Waals surface area contributed by atoms with Gasteiger partial charge in [0.25, 0.3) is 0 Å². The SMILES string of the molecule is CCC(=O)N1CCc2cc(Br)c(S(=O)(=O)CCC(=O)Nc3cccc(C(F)(F)F)c3)cc21. The molecule has 32 heavy (non-hydrogen) atoms. The molecule has 0 saturated carbocycles. The first-order valence-corrected chi connectivity index (χ1v) is 12.2. The molecule has 0 aliphatic carbocycles. The van der Waals surface area contributed by atoms with Gasteiger partial charge in [0.2, 0.25) is 11.8 Å². The number of anilines is 2. The third kappa shape index (κ3) is 5.32. The van der Waals surface area contributed by atoms with Crippen LogP contribution in [0.25, 0.3) is 0 Å². The van der Waals surface area contributed by atoms with Crippen molar-refractivity contribution in [3.05, 3.63) is 52.0 Å². The molecule has 11 heteroatoms. The van der Waals surface area contributed by atoms with Crippen molar-refractivity contribution < 1.29 is 31.2 Å². The third-order valence-electron chi connectivity index (χ3n) is 5.04. The number of carbonyl (C=O) groups excluding carboxylic acids is 2. The number of sulfone groups is 1. The van der Waals surface area contributed by atoms with Crippen LogP contribution in [0, 0.1) is 0 Å². The van der Waals surface area contributed by atoms with E-state index in [0.717, 1.165) is 23.8 Å². The van der Waals surface area contributed by atoms with Crippen LogP contribution >= 0.6 is 15.9 Å². The summed E-state index contributed by atoms with van der Waals surface area (Å²) in [6.45, 7) is 2.19. The molecule has 2 amide bonds. The minimum Gasteiger partial charge on any atom is -0.326 e. The van der Waals surface area contributed by atoms with Gasteiger partial charge in [-0.15, -0.1) is 0 Å². The van der Waals surface area contributed by atoms with Crippen molar-refractivity contribution in [1.29, 1.82) is 0 Å². The first-order valence-electron chi connectivity index (χ1n) is 9.75. The van der Waals surface area contributed by atoms with Gasteiger partial charge in [-0.1, -0.05) is 13.0 Å². The Balaban J connectivity index is 1.73. The van der Waals surface area contributed by atoms with Gasteiger partial charge in [-0.05, 0) is 58.2 Å². The maximum Gasteiger partial charge on any atom is 0.416 e. The fraction of sp³-hybridized carbons (Fsp3) is 0.333. The summed E-state index contributed by atoms with van der Waals surface area (Å²) in [7, 11) is -3.91. The zero-order valence-electron chi connectivity index (χ0n) is 17.0. The Bertz CT molecular complexity index is 1170. The van der Waals surface area contributed by atoms with Crippen LogP contribution in [0.15, 0.2) is 45.8 Å². The van der Waals surface area contributed by atoms with E-state index in [1.54, 1.807) is 17.9 Å². The van der Waals surface area contributed by atoms with E-state index in [9.17, 15) is 31.2 Å². The number of amides is 2. The van der Waals surface area contributed by atoms with Crippen molar-refractivity contribution in [2.24, 2.45) is 0 Å². The van der Waals surface area contributed by atoms with Crippen LogP contribution in [-0.4, -0.2) is 32.5 Å². The van der Waals surface area contributed by atoms with E-state index in [2.05, 4.69) is 21.2 Å². The van der Waals surface area contributed by atoms with E-state index < -0.39 is 39.7 Å². The number of fused-ring (bicyclic) bond motifs is 1. The third-order valence-corrected chi connectivity index (χ3v) is 7.71. The Morgan fingerprint density at radius 3 is 2.56 bits per heavy atom. The van der Waals surface area contributed by atoms with Crippen molar-refractivity contribution in [1.82, 2.24) is 0 Å². The van der Waals surface area contributed by atoms with Crippen molar-refractivity contribution in [3.63, 3.8) is 0 Å². The van der Waals surface area contributed by atoms with E-state index in [4.69, 9.17) is 0 Å². The molecule has 172 valence electrons. The summed E-state index contributed by atoms with van der Waals surface area (Å²) in [6, 6.07) is 7.19. The van der Waals surface area contributed by atoms with Gasteiger partial charge in [0, 0.05) is 35.2 Å². The van der Waals surface area contributed by atoms with Crippen LogP contribution in [0.4, 0.5) is 24.5 Å². The summed E-state index contributed by atoms with van der Waals surface area (Å²) in [5.41, 5.74) is 0.387. The fourth-order valence-electron chi connectivity index (χ4n) is 3.41. The van der Waals surface area contributed by atoms with Gasteiger partial charge in [0.15, 0.2) is 9.84 Å². The second-order valence-electron chi connectivity index (χ2n) is 7.26. The highest BCUT2D eigenvalue weighted by molar-refractivity contribution is 9.10. The number of nitrogens with zero attached hydrogens (tertiary/aromatic N) is 1. The number of benzene rings is 2. The predicted molar refractivity (Wildman–Crippen MR) is 117 cm³/mol. The average molecular weight is 533 g/mol. The number of hydrogen-bond donors (Lipinski definition) is 1. The Labute approximate surface area is 191 Å². The molecule has 0 bridgehead atoms. The Morgan fingerprint density at radius 1 is 1.19 bits per heavy atom. The molecule has 1 aliphatic rings. The molecule has 3 rings (SSSR count). The van der Waals surface area contributed by atoms with Gasteiger partial charge in [0.1, 0.15) is 0 Å². The number of nitrogens with one attached hydrogen (secondary N) is 1. The molecule has 6 nitrogen and oxygen atoms in total. The molecule has 0 radical (unpaired) electrons. The largest absolute Gasteiger partial charge is 0.416 e. The van der Waals surface area contributed by atoms with Gasteiger partial charge in [-0.3, -0.25) is 9.59 Å². The lowest BCUT2D eigenvalue weighted by atomic mass is 10.2. The van der Waals surface area contributed by atoms with Crippen LogP contribution < -0.4 is 10.2 Å². The standard InChI is InChI=1S/C21H20BrF3N2O4S/c1-2-20(29)27-8-6-13-10-16(22)18(12-17(13)27)32(30,31)9-7-19(28)26-15-5-3-4-14(11-15)21(23,24)25/h3-5,10-12H,2,6-9H2,1H3,(H,26,28). The normalized spacial score (nSPS) is 13.7. The summed E-state index contributed by atoms with van der Waals surface area (Å²) in [6.07, 6.45) is -4.11. The van der Waals surface area contributed by atoms with Gasteiger partial charge < -0.3 is 10.2 Å². The number of alkyl halides is 3. The summed E-state index contributed by atoms with van der Waals surface area (Å²) in [4.78, 5) is 25.8. The first-order chi connectivity index (χ1) is 14.9. The molecule has 0 spiro atoms. The highest BCUT2D eigenvalue weighted by Gasteiger charge is 2.31. The lowest BCUT2D eigenvalue weighted by molar-refractivity contribution is -0.137. The van der Waals surface area contributed by atoms with Gasteiger partial charge in [0.05, 0.1) is 16.2 Å². The molecule has 0 fully saturated rings. The maximum absolute atomic E-state index is 12.9. The summed E-state index contributed by atoms with van der Waals surface area (Å²) in [5, 5.41) is 2.30. The number of carbonyl (C=O) groups is 2. The highest BCUT2D eigenvalue weighted by Crippen LogP contribution is 2.36. The molecular formula is C21H20BrF3N2O4S. The minimum absolute atomic E-state index is 0.0427. The van der Waals surface area contributed by atoms with E-state index in [1.165, 1.54) is 12.1 Å². The molecule has 2 aromatic carbocycles. The predicted octanol–water partition coefficient (Wildman–Crippen LogP) is 4.57. The smallest absolute Gasteiger partial charge is 0.326 e. The highest BCUT2D eigenvalue weighted by atomic mass is 79.9. The number of hydrogen-bond acceptors (Lipinski definition) is 4. The Hall–Kier alpha value is -2.40. The molecular weight excluding hydrogens is 513 g/mol. The fourth-order valence-corrected chi connectivity index (χ4v) is 5.86. The molecule has 0 unspecified atom stereocenters.